The molecule has 0 aliphatic rings. The van der Waals surface area contributed by atoms with Crippen LogP contribution in [0, 0.1) is 11.3 Å². The second-order valence-corrected chi connectivity index (χ2v) is 5.43. The summed E-state index contributed by atoms with van der Waals surface area (Å²) in [6.07, 6.45) is 0. The highest BCUT2D eigenvalue weighted by atomic mass is 32.1. The number of amides is 1. The second kappa shape index (κ2) is 5.92. The number of nitrogens with zero attached hydrogens (tertiary/aromatic N) is 4. The molecule has 22 heavy (non-hydrogen) atoms. The lowest BCUT2D eigenvalue weighted by Gasteiger charge is -2.18. The Kier molecular flexibility index (Phi) is 3.81. The average Bonchev–Trinajstić information content (AvgIpc) is 3.01. The maximum absolute atomic E-state index is 12.5. The van der Waals surface area contributed by atoms with E-state index in [1.54, 1.807) is 36.2 Å². The molecule has 0 bridgehead atoms. The van der Waals surface area contributed by atoms with E-state index in [1.165, 1.54) is 11.7 Å². The Labute approximate surface area is 131 Å². The van der Waals surface area contributed by atoms with Crippen LogP contribution < -0.4 is 0 Å². The van der Waals surface area contributed by atoms with E-state index < -0.39 is 0 Å². The Morgan fingerprint density at radius 2 is 2.00 bits per heavy atom. The van der Waals surface area contributed by atoms with E-state index in [0.29, 0.717) is 17.7 Å². The molecule has 0 spiro atoms. The minimum atomic E-state index is -0.173. The minimum absolute atomic E-state index is 0.173. The molecule has 1 aromatic heterocycles. The van der Waals surface area contributed by atoms with E-state index in [0.717, 1.165) is 16.6 Å². The first-order valence-corrected chi connectivity index (χ1v) is 7.38. The monoisotopic (exact) mass is 308 g/mol. The van der Waals surface area contributed by atoms with Gasteiger partial charge in [0, 0.05) is 13.6 Å². The zero-order valence-electron chi connectivity index (χ0n) is 11.9. The maximum Gasteiger partial charge on any atom is 0.255 e. The van der Waals surface area contributed by atoms with Crippen LogP contribution in [0.15, 0.2) is 42.5 Å². The molecule has 6 heteroatoms. The predicted molar refractivity (Wildman–Crippen MR) is 84.4 cm³/mol. The molecule has 3 rings (SSSR count). The lowest BCUT2D eigenvalue weighted by atomic mass is 10.1. The van der Waals surface area contributed by atoms with Crippen molar-refractivity contribution < 1.29 is 4.79 Å². The molecule has 0 aliphatic heterocycles. The summed E-state index contributed by atoms with van der Waals surface area (Å²) in [6.45, 7) is 0.450. The van der Waals surface area contributed by atoms with Gasteiger partial charge in [0.15, 0.2) is 0 Å². The lowest BCUT2D eigenvalue weighted by molar-refractivity contribution is 0.0785. The third-order valence-electron chi connectivity index (χ3n) is 3.36. The van der Waals surface area contributed by atoms with Gasteiger partial charge >= 0.3 is 0 Å². The van der Waals surface area contributed by atoms with Gasteiger partial charge in [-0.1, -0.05) is 18.2 Å². The van der Waals surface area contributed by atoms with Crippen LogP contribution >= 0.6 is 11.7 Å². The highest BCUT2D eigenvalue weighted by Gasteiger charge is 2.15. The quantitative estimate of drug-likeness (QED) is 0.746. The molecule has 0 saturated heterocycles. The van der Waals surface area contributed by atoms with E-state index in [2.05, 4.69) is 14.8 Å². The first kappa shape index (κ1) is 14.2. The fourth-order valence-corrected chi connectivity index (χ4v) is 2.76. The van der Waals surface area contributed by atoms with Crippen LogP contribution in [0.5, 0.6) is 0 Å². The molecule has 0 unspecified atom stereocenters. The first-order chi connectivity index (χ1) is 10.7. The van der Waals surface area contributed by atoms with Crippen molar-refractivity contribution in [2.75, 3.05) is 7.05 Å². The summed E-state index contributed by atoms with van der Waals surface area (Å²) in [4.78, 5) is 14.1. The average molecular weight is 308 g/mol. The summed E-state index contributed by atoms with van der Waals surface area (Å²) in [5, 5.41) is 9.10. The van der Waals surface area contributed by atoms with Crippen molar-refractivity contribution in [3.8, 4) is 6.07 Å². The third-order valence-corrected chi connectivity index (χ3v) is 3.92. The molecule has 0 fully saturated rings. The van der Waals surface area contributed by atoms with Gasteiger partial charge in [0.05, 0.1) is 28.9 Å². The molecule has 108 valence electrons. The maximum atomic E-state index is 12.5. The molecule has 0 atom stereocenters. The third kappa shape index (κ3) is 2.67. The molecular formula is C16H12N4OS. The highest BCUT2D eigenvalue weighted by molar-refractivity contribution is 7.00. The molecule has 2 aromatic carbocycles. The van der Waals surface area contributed by atoms with Crippen LogP contribution in [-0.2, 0) is 6.54 Å². The standard InChI is InChI=1S/C16H12N4OS/c1-20(16(21)13-5-3-2-4-12(13)9-17)10-11-6-7-14-15(8-11)19-22-18-14/h2-8H,10H2,1H3. The van der Waals surface area contributed by atoms with Crippen LogP contribution in [0.3, 0.4) is 0 Å². The van der Waals surface area contributed by atoms with Gasteiger partial charge in [-0.05, 0) is 29.8 Å². The van der Waals surface area contributed by atoms with Crippen LogP contribution in [0.2, 0.25) is 0 Å². The van der Waals surface area contributed by atoms with Crippen molar-refractivity contribution in [2.24, 2.45) is 0 Å². The fourth-order valence-electron chi connectivity index (χ4n) is 2.24. The number of aromatic nitrogens is 2. The largest absolute Gasteiger partial charge is 0.337 e. The van der Waals surface area contributed by atoms with E-state index in [9.17, 15) is 4.79 Å². The summed E-state index contributed by atoms with van der Waals surface area (Å²) < 4.78 is 8.36. The van der Waals surface area contributed by atoms with Gasteiger partial charge in [-0.2, -0.15) is 14.0 Å². The summed E-state index contributed by atoms with van der Waals surface area (Å²) in [7, 11) is 1.72. The lowest BCUT2D eigenvalue weighted by Crippen LogP contribution is -2.26. The molecule has 0 radical (unpaired) electrons. The van der Waals surface area contributed by atoms with E-state index >= 15 is 0 Å². The van der Waals surface area contributed by atoms with E-state index in [-0.39, 0.29) is 5.91 Å². The van der Waals surface area contributed by atoms with Crippen LogP contribution in [0.25, 0.3) is 11.0 Å². The van der Waals surface area contributed by atoms with Crippen LogP contribution in [0.4, 0.5) is 0 Å². The number of fused-ring (bicyclic) bond motifs is 1. The fraction of sp³-hybridized carbons (Fsp3) is 0.125. The Bertz CT molecular complexity index is 881. The molecule has 3 aromatic rings. The predicted octanol–water partition coefficient (Wildman–Crippen LogP) is 2.84. The molecule has 5 nitrogen and oxygen atoms in total. The Hall–Kier alpha value is -2.78. The van der Waals surface area contributed by atoms with Crippen molar-refractivity contribution in [2.45, 2.75) is 6.54 Å². The molecule has 0 saturated carbocycles. The molecule has 0 aliphatic carbocycles. The summed E-state index contributed by atoms with van der Waals surface area (Å²) >= 11 is 1.17. The Balaban J connectivity index is 1.83. The summed E-state index contributed by atoms with van der Waals surface area (Å²) in [6, 6.07) is 14.6. The molecule has 0 N–H and O–H groups in total. The number of rotatable bonds is 3. The van der Waals surface area contributed by atoms with Gasteiger partial charge in [0.2, 0.25) is 0 Å². The molecular weight excluding hydrogens is 296 g/mol. The van der Waals surface area contributed by atoms with Gasteiger partial charge in [-0.3, -0.25) is 4.79 Å². The Morgan fingerprint density at radius 3 is 2.82 bits per heavy atom. The Morgan fingerprint density at radius 1 is 1.23 bits per heavy atom. The topological polar surface area (TPSA) is 69.9 Å². The van der Waals surface area contributed by atoms with Crippen molar-refractivity contribution in [1.82, 2.24) is 13.6 Å². The summed E-state index contributed by atoms with van der Waals surface area (Å²) in [5.74, 6) is -0.173. The van der Waals surface area contributed by atoms with Gasteiger partial charge in [-0.25, -0.2) is 0 Å². The normalized spacial score (nSPS) is 10.4. The van der Waals surface area contributed by atoms with Gasteiger partial charge in [-0.15, -0.1) is 0 Å². The van der Waals surface area contributed by atoms with E-state index in [4.69, 9.17) is 5.26 Å². The number of nitriles is 1. The minimum Gasteiger partial charge on any atom is -0.337 e. The zero-order valence-corrected chi connectivity index (χ0v) is 12.7. The first-order valence-electron chi connectivity index (χ1n) is 6.65. The van der Waals surface area contributed by atoms with Crippen molar-refractivity contribution in [1.29, 1.82) is 5.26 Å². The van der Waals surface area contributed by atoms with Gasteiger partial charge in [0.25, 0.3) is 5.91 Å². The number of hydrogen-bond acceptors (Lipinski definition) is 5. The number of benzene rings is 2. The smallest absolute Gasteiger partial charge is 0.255 e. The van der Waals surface area contributed by atoms with Gasteiger partial charge in [0.1, 0.15) is 11.0 Å². The van der Waals surface area contributed by atoms with E-state index in [1.807, 2.05) is 18.2 Å². The number of carbonyl (C=O) groups is 1. The van der Waals surface area contributed by atoms with Crippen molar-refractivity contribution >= 4 is 28.7 Å². The van der Waals surface area contributed by atoms with Gasteiger partial charge < -0.3 is 4.90 Å². The number of hydrogen-bond donors (Lipinski definition) is 0. The SMILES string of the molecule is CN(Cc1ccc2nsnc2c1)C(=O)c1ccccc1C#N. The molecule has 1 amide bonds. The van der Waals surface area contributed by atoms with Crippen molar-refractivity contribution in [3.63, 3.8) is 0 Å². The zero-order chi connectivity index (χ0) is 15.5. The highest BCUT2D eigenvalue weighted by Crippen LogP contribution is 2.16. The second-order valence-electron chi connectivity index (χ2n) is 4.91. The van der Waals surface area contributed by atoms with Crippen LogP contribution in [-0.4, -0.2) is 26.6 Å². The summed E-state index contributed by atoms with van der Waals surface area (Å²) in [5.41, 5.74) is 3.48. The van der Waals surface area contributed by atoms with Crippen molar-refractivity contribution in [3.05, 3.63) is 59.2 Å². The number of carbonyl (C=O) groups excluding carboxylic acids is 1. The van der Waals surface area contributed by atoms with Crippen LogP contribution in [0.1, 0.15) is 21.5 Å². The molecule has 1 heterocycles.